The van der Waals surface area contributed by atoms with Crippen LogP contribution in [0.5, 0.6) is 0 Å². The van der Waals surface area contributed by atoms with Crippen molar-refractivity contribution in [1.82, 2.24) is 0 Å². The van der Waals surface area contributed by atoms with Gasteiger partial charge in [0.05, 0.1) is 16.8 Å². The van der Waals surface area contributed by atoms with E-state index in [1.54, 1.807) is 30.3 Å². The number of nitrogens with zero attached hydrogens (tertiary/aromatic N) is 3. The van der Waals surface area contributed by atoms with Crippen LogP contribution in [-0.4, -0.2) is 22.8 Å². The smallest absolute Gasteiger partial charge is 0.276 e. The molecule has 23 heavy (non-hydrogen) atoms. The van der Waals surface area contributed by atoms with Gasteiger partial charge in [0.1, 0.15) is 0 Å². The molecule has 1 amide bonds. The van der Waals surface area contributed by atoms with Gasteiger partial charge in [-0.2, -0.15) is 5.10 Å². The van der Waals surface area contributed by atoms with Crippen LogP contribution in [0.4, 0.5) is 11.4 Å². The molecule has 1 aliphatic heterocycles. The number of amides is 1. The number of nitro groups is 1. The highest BCUT2D eigenvalue weighted by Crippen LogP contribution is 2.26. The highest BCUT2D eigenvalue weighted by molar-refractivity contribution is 6.54. The summed E-state index contributed by atoms with van der Waals surface area (Å²) in [7, 11) is 0. The van der Waals surface area contributed by atoms with E-state index < -0.39 is 4.92 Å². The van der Waals surface area contributed by atoms with Gasteiger partial charge >= 0.3 is 0 Å². The van der Waals surface area contributed by atoms with Gasteiger partial charge in [0, 0.05) is 22.7 Å². The van der Waals surface area contributed by atoms with Gasteiger partial charge in [0.2, 0.25) is 0 Å². The highest BCUT2D eigenvalue weighted by Gasteiger charge is 2.26. The van der Waals surface area contributed by atoms with E-state index in [9.17, 15) is 14.9 Å². The van der Waals surface area contributed by atoms with E-state index in [2.05, 4.69) is 15.5 Å². The third kappa shape index (κ3) is 3.09. The normalized spacial score (nSPS) is 15.0. The summed E-state index contributed by atoms with van der Waals surface area (Å²) in [6.07, 6.45) is 1.41. The molecule has 0 atom stereocenters. The van der Waals surface area contributed by atoms with Crippen molar-refractivity contribution in [3.8, 4) is 0 Å². The van der Waals surface area contributed by atoms with Crippen LogP contribution in [0.3, 0.4) is 0 Å². The number of fused-ring (bicyclic) bond motifs is 1. The number of nitro benzene ring substituents is 1. The minimum Gasteiger partial charge on any atom is -0.320 e. The number of nitrogens with one attached hydrogen (secondary N) is 1. The number of rotatable bonds is 3. The Labute approximate surface area is 135 Å². The molecule has 1 heterocycles. The van der Waals surface area contributed by atoms with Crippen molar-refractivity contribution in [3.63, 3.8) is 0 Å². The molecule has 0 saturated heterocycles. The van der Waals surface area contributed by atoms with Crippen molar-refractivity contribution in [2.75, 3.05) is 5.32 Å². The first-order chi connectivity index (χ1) is 11.0. The average molecular weight is 329 g/mol. The molecular weight excluding hydrogens is 320 g/mol. The summed E-state index contributed by atoms with van der Waals surface area (Å²) in [5.74, 6) is -0.358. The maximum absolute atomic E-state index is 11.9. The van der Waals surface area contributed by atoms with Crippen LogP contribution < -0.4 is 5.32 Å². The maximum Gasteiger partial charge on any atom is 0.276 e. The summed E-state index contributed by atoms with van der Waals surface area (Å²) in [5, 5.41) is 21.5. The van der Waals surface area contributed by atoms with Gasteiger partial charge in [-0.3, -0.25) is 14.9 Å². The van der Waals surface area contributed by atoms with Crippen LogP contribution in [-0.2, 0) is 4.79 Å². The lowest BCUT2D eigenvalue weighted by Gasteiger charge is -1.96. The summed E-state index contributed by atoms with van der Waals surface area (Å²) in [6.45, 7) is 0. The van der Waals surface area contributed by atoms with Crippen LogP contribution in [0.25, 0.3) is 0 Å². The van der Waals surface area contributed by atoms with Gasteiger partial charge in [0.15, 0.2) is 5.71 Å². The lowest BCUT2D eigenvalue weighted by molar-refractivity contribution is -0.384. The van der Waals surface area contributed by atoms with Gasteiger partial charge in [0.25, 0.3) is 11.6 Å². The fraction of sp³-hybridized carbons (Fsp3) is 0. The van der Waals surface area contributed by atoms with E-state index in [1.165, 1.54) is 18.3 Å². The Bertz CT molecular complexity index is 860. The summed E-state index contributed by atoms with van der Waals surface area (Å²) in [6, 6.07) is 10.8. The zero-order valence-electron chi connectivity index (χ0n) is 11.6. The number of carbonyl (C=O) groups is 1. The maximum atomic E-state index is 11.9. The van der Waals surface area contributed by atoms with Crippen LogP contribution in [0, 0.1) is 10.1 Å². The Kier molecular flexibility index (Phi) is 3.86. The quantitative estimate of drug-likeness (QED) is 0.532. The Balaban J connectivity index is 1.84. The molecule has 1 N–H and O–H groups in total. The Hall–Kier alpha value is -3.06. The minimum absolute atomic E-state index is 0.00722. The third-order valence-electron chi connectivity index (χ3n) is 3.17. The summed E-state index contributed by atoms with van der Waals surface area (Å²) in [4.78, 5) is 22.0. The van der Waals surface area contributed by atoms with E-state index in [4.69, 9.17) is 11.6 Å². The molecule has 0 bridgehead atoms. The predicted molar refractivity (Wildman–Crippen MR) is 87.3 cm³/mol. The fourth-order valence-electron chi connectivity index (χ4n) is 2.06. The molecule has 0 unspecified atom stereocenters. The first-order valence-corrected chi connectivity index (χ1v) is 6.89. The Morgan fingerprint density at radius 3 is 2.61 bits per heavy atom. The summed E-state index contributed by atoms with van der Waals surface area (Å²) >= 11 is 5.92. The van der Waals surface area contributed by atoms with Gasteiger partial charge in [-0.1, -0.05) is 11.6 Å². The van der Waals surface area contributed by atoms with Gasteiger partial charge in [-0.15, -0.1) is 5.10 Å². The van der Waals surface area contributed by atoms with E-state index >= 15 is 0 Å². The van der Waals surface area contributed by atoms with Crippen LogP contribution in [0.15, 0.2) is 52.7 Å². The van der Waals surface area contributed by atoms with Crippen LogP contribution in [0.2, 0.25) is 5.02 Å². The van der Waals surface area contributed by atoms with Gasteiger partial charge < -0.3 is 5.32 Å². The number of hydrogen-bond acceptors (Lipinski definition) is 5. The molecule has 2 aromatic carbocycles. The second-order valence-electron chi connectivity index (χ2n) is 4.69. The van der Waals surface area contributed by atoms with Crippen molar-refractivity contribution >= 4 is 40.8 Å². The molecule has 114 valence electrons. The van der Waals surface area contributed by atoms with Gasteiger partial charge in [-0.05, 0) is 35.9 Å². The molecule has 0 saturated carbocycles. The van der Waals surface area contributed by atoms with Gasteiger partial charge in [-0.25, -0.2) is 0 Å². The number of hydrogen-bond donors (Lipinski definition) is 1. The first kappa shape index (κ1) is 14.9. The largest absolute Gasteiger partial charge is 0.320 e. The summed E-state index contributed by atoms with van der Waals surface area (Å²) < 4.78 is 0. The van der Waals surface area contributed by atoms with Crippen LogP contribution >= 0.6 is 11.6 Å². The lowest BCUT2D eigenvalue weighted by Crippen LogP contribution is -2.13. The van der Waals surface area contributed by atoms with Crippen molar-refractivity contribution in [1.29, 1.82) is 0 Å². The van der Waals surface area contributed by atoms with Crippen LogP contribution in [0.1, 0.15) is 11.1 Å². The second kappa shape index (κ2) is 5.98. The molecule has 0 aliphatic carbocycles. The Morgan fingerprint density at radius 1 is 1.17 bits per heavy atom. The highest BCUT2D eigenvalue weighted by atomic mass is 35.5. The molecule has 8 heteroatoms. The van der Waals surface area contributed by atoms with Crippen molar-refractivity contribution in [3.05, 3.63) is 68.7 Å². The molecule has 2 aromatic rings. The number of benzene rings is 2. The SMILES string of the molecule is O=C1Nc2ccc(Cl)cc2/C1=N/N=C/c1ccc([N+](=O)[O-])cc1. The molecular formula is C15H9ClN4O3. The van der Waals surface area contributed by atoms with E-state index in [-0.39, 0.29) is 17.3 Å². The molecule has 7 nitrogen and oxygen atoms in total. The zero-order valence-corrected chi connectivity index (χ0v) is 12.3. The predicted octanol–water partition coefficient (Wildman–Crippen LogP) is 3.02. The van der Waals surface area contributed by atoms with E-state index in [0.29, 0.717) is 21.8 Å². The van der Waals surface area contributed by atoms with Crippen molar-refractivity contribution in [2.45, 2.75) is 0 Å². The third-order valence-corrected chi connectivity index (χ3v) is 3.40. The monoisotopic (exact) mass is 328 g/mol. The Morgan fingerprint density at radius 2 is 1.91 bits per heavy atom. The standard InChI is InChI=1S/C15H9ClN4O3/c16-10-3-6-13-12(7-10)14(15(21)18-13)19-17-8-9-1-4-11(5-2-9)20(22)23/h1-8H,(H,18,19,21)/b17-8+. The van der Waals surface area contributed by atoms with Crippen molar-refractivity contribution < 1.29 is 9.72 Å². The minimum atomic E-state index is -0.481. The molecule has 0 spiro atoms. The molecule has 0 fully saturated rings. The summed E-state index contributed by atoms with van der Waals surface area (Å²) in [5.41, 5.74) is 2.00. The zero-order chi connectivity index (χ0) is 16.4. The van der Waals surface area contributed by atoms with E-state index in [1.807, 2.05) is 0 Å². The number of non-ortho nitro benzene ring substituents is 1. The van der Waals surface area contributed by atoms with Crippen molar-refractivity contribution in [2.24, 2.45) is 10.2 Å². The first-order valence-electron chi connectivity index (χ1n) is 6.51. The fourth-order valence-corrected chi connectivity index (χ4v) is 2.23. The lowest BCUT2D eigenvalue weighted by atomic mass is 10.1. The second-order valence-corrected chi connectivity index (χ2v) is 5.12. The molecule has 3 rings (SSSR count). The molecule has 1 aliphatic rings. The number of anilines is 1. The number of carbonyl (C=O) groups excluding carboxylic acids is 1. The number of halogens is 1. The van der Waals surface area contributed by atoms with E-state index in [0.717, 1.165) is 0 Å². The topological polar surface area (TPSA) is 97.0 Å². The average Bonchev–Trinajstić information content (AvgIpc) is 2.83. The molecule has 0 radical (unpaired) electrons. The molecule has 0 aromatic heterocycles.